The van der Waals surface area contributed by atoms with Gasteiger partial charge in [-0.1, -0.05) is 72.3 Å². The lowest BCUT2D eigenvalue weighted by atomic mass is 10.1. The van der Waals surface area contributed by atoms with E-state index in [-0.39, 0.29) is 0 Å². The number of nitrogens with zero attached hydrogens (tertiary/aromatic N) is 2. The van der Waals surface area contributed by atoms with E-state index in [4.69, 9.17) is 17.4 Å². The van der Waals surface area contributed by atoms with Crippen molar-refractivity contribution >= 4 is 17.4 Å². The third-order valence-corrected chi connectivity index (χ3v) is 3.37. The van der Waals surface area contributed by atoms with Crippen LogP contribution in [0, 0.1) is 0 Å². The number of benzene rings is 2. The molecule has 0 radical (unpaired) electrons. The van der Waals surface area contributed by atoms with E-state index in [1.165, 1.54) is 0 Å². The SMILES string of the molecule is NNc1nc(-c2ccccc2)nc(Cl)c1-c1ccccc1. The summed E-state index contributed by atoms with van der Waals surface area (Å²) in [5.41, 5.74) is 5.10. The van der Waals surface area contributed by atoms with Gasteiger partial charge in [-0.3, -0.25) is 0 Å². The Balaban J connectivity index is 2.16. The minimum Gasteiger partial charge on any atom is -0.308 e. The quantitative estimate of drug-likeness (QED) is 0.439. The Bertz CT molecular complexity index is 745. The molecular weight excluding hydrogens is 284 g/mol. The summed E-state index contributed by atoms with van der Waals surface area (Å²) in [7, 11) is 0. The highest BCUT2D eigenvalue weighted by Crippen LogP contribution is 2.33. The predicted molar refractivity (Wildman–Crippen MR) is 85.7 cm³/mol. The van der Waals surface area contributed by atoms with Gasteiger partial charge in [0.25, 0.3) is 0 Å². The van der Waals surface area contributed by atoms with Gasteiger partial charge >= 0.3 is 0 Å². The van der Waals surface area contributed by atoms with Crippen molar-refractivity contribution in [3.05, 3.63) is 65.8 Å². The van der Waals surface area contributed by atoms with Gasteiger partial charge in [-0.05, 0) is 5.56 Å². The minimum atomic E-state index is 0.364. The summed E-state index contributed by atoms with van der Waals surface area (Å²) in [6.45, 7) is 0. The van der Waals surface area contributed by atoms with E-state index in [0.29, 0.717) is 22.4 Å². The third kappa shape index (κ3) is 2.72. The Hall–Kier alpha value is -2.43. The molecule has 0 bridgehead atoms. The maximum absolute atomic E-state index is 6.35. The Morgan fingerprint density at radius 3 is 1.95 bits per heavy atom. The van der Waals surface area contributed by atoms with E-state index >= 15 is 0 Å². The fraction of sp³-hybridized carbons (Fsp3) is 0. The molecule has 0 atom stereocenters. The maximum Gasteiger partial charge on any atom is 0.163 e. The standard InChI is InChI=1S/C16H13ClN4/c17-14-13(11-7-3-1-4-8-11)16(21-18)20-15(19-14)12-9-5-2-6-10-12/h1-10H,18H2,(H,19,20,21). The minimum absolute atomic E-state index is 0.364. The molecule has 0 aliphatic heterocycles. The van der Waals surface area contributed by atoms with Crippen LogP contribution in [0.2, 0.25) is 5.15 Å². The molecule has 0 aliphatic rings. The molecule has 1 heterocycles. The van der Waals surface area contributed by atoms with Crippen LogP contribution < -0.4 is 11.3 Å². The van der Waals surface area contributed by atoms with Crippen LogP contribution in [0.3, 0.4) is 0 Å². The number of hydrazine groups is 1. The molecule has 0 amide bonds. The van der Waals surface area contributed by atoms with Gasteiger partial charge in [0, 0.05) is 5.56 Å². The summed E-state index contributed by atoms with van der Waals surface area (Å²) in [6.07, 6.45) is 0. The number of halogens is 1. The average molecular weight is 297 g/mol. The molecule has 0 unspecified atom stereocenters. The monoisotopic (exact) mass is 296 g/mol. The highest BCUT2D eigenvalue weighted by atomic mass is 35.5. The van der Waals surface area contributed by atoms with Gasteiger partial charge in [-0.25, -0.2) is 15.8 Å². The first-order valence-corrected chi connectivity index (χ1v) is 6.82. The van der Waals surface area contributed by atoms with Crippen molar-refractivity contribution in [2.24, 2.45) is 5.84 Å². The number of nitrogens with two attached hydrogens (primary N) is 1. The van der Waals surface area contributed by atoms with Gasteiger partial charge in [0.2, 0.25) is 0 Å². The first-order chi connectivity index (χ1) is 10.3. The molecule has 3 N–H and O–H groups in total. The van der Waals surface area contributed by atoms with Gasteiger partial charge < -0.3 is 5.43 Å². The van der Waals surface area contributed by atoms with Crippen LogP contribution in [-0.2, 0) is 0 Å². The van der Waals surface area contributed by atoms with Crippen molar-refractivity contribution < 1.29 is 0 Å². The second kappa shape index (κ2) is 5.91. The molecule has 0 spiro atoms. The van der Waals surface area contributed by atoms with E-state index in [2.05, 4.69) is 15.4 Å². The van der Waals surface area contributed by atoms with Crippen LogP contribution in [-0.4, -0.2) is 9.97 Å². The van der Waals surface area contributed by atoms with E-state index in [0.717, 1.165) is 11.1 Å². The van der Waals surface area contributed by atoms with Gasteiger partial charge in [0.15, 0.2) is 11.6 Å². The molecule has 2 aromatic carbocycles. The zero-order valence-corrected chi connectivity index (χ0v) is 11.9. The van der Waals surface area contributed by atoms with Crippen LogP contribution in [0.15, 0.2) is 60.7 Å². The first-order valence-electron chi connectivity index (χ1n) is 6.44. The maximum atomic E-state index is 6.35. The molecule has 4 nitrogen and oxygen atoms in total. The molecule has 5 heteroatoms. The highest BCUT2D eigenvalue weighted by molar-refractivity contribution is 6.32. The van der Waals surface area contributed by atoms with E-state index in [1.807, 2.05) is 60.7 Å². The lowest BCUT2D eigenvalue weighted by Crippen LogP contribution is -2.11. The molecule has 3 aromatic rings. The van der Waals surface area contributed by atoms with E-state index < -0.39 is 0 Å². The van der Waals surface area contributed by atoms with Gasteiger partial charge in [-0.15, -0.1) is 0 Å². The third-order valence-electron chi connectivity index (χ3n) is 3.10. The molecule has 0 saturated heterocycles. The van der Waals surface area contributed by atoms with Crippen molar-refractivity contribution in [3.8, 4) is 22.5 Å². The second-order valence-corrected chi connectivity index (χ2v) is 4.80. The van der Waals surface area contributed by atoms with Crippen LogP contribution >= 0.6 is 11.6 Å². The Labute approximate surface area is 127 Å². The summed E-state index contributed by atoms with van der Waals surface area (Å²) in [5.74, 6) is 6.64. The zero-order valence-electron chi connectivity index (χ0n) is 11.1. The fourth-order valence-corrected chi connectivity index (χ4v) is 2.39. The van der Waals surface area contributed by atoms with Crippen molar-refractivity contribution in [1.29, 1.82) is 0 Å². The van der Waals surface area contributed by atoms with E-state index in [9.17, 15) is 0 Å². The molecule has 0 fully saturated rings. The number of hydrogen-bond donors (Lipinski definition) is 2. The van der Waals surface area contributed by atoms with Crippen LogP contribution in [0.1, 0.15) is 0 Å². The molecule has 3 rings (SSSR count). The molecule has 0 aliphatic carbocycles. The van der Waals surface area contributed by atoms with Gasteiger partial charge in [0.05, 0.1) is 5.56 Å². The summed E-state index contributed by atoms with van der Waals surface area (Å²) >= 11 is 6.35. The number of rotatable bonds is 3. The normalized spacial score (nSPS) is 10.4. The molecular formula is C16H13ClN4. The lowest BCUT2D eigenvalue weighted by molar-refractivity contribution is 1.15. The summed E-state index contributed by atoms with van der Waals surface area (Å²) in [5, 5.41) is 0.364. The van der Waals surface area contributed by atoms with Crippen LogP contribution in [0.25, 0.3) is 22.5 Å². The van der Waals surface area contributed by atoms with Crippen molar-refractivity contribution in [1.82, 2.24) is 9.97 Å². The summed E-state index contributed by atoms with van der Waals surface area (Å²) in [4.78, 5) is 8.85. The van der Waals surface area contributed by atoms with Crippen LogP contribution in [0.5, 0.6) is 0 Å². The predicted octanol–water partition coefficient (Wildman–Crippen LogP) is 3.75. The molecule has 1 aromatic heterocycles. The number of hydrogen-bond acceptors (Lipinski definition) is 4. The second-order valence-electron chi connectivity index (χ2n) is 4.44. The Morgan fingerprint density at radius 1 is 0.810 bits per heavy atom. The topological polar surface area (TPSA) is 63.8 Å². The number of nitrogen functional groups attached to an aromatic ring is 1. The van der Waals surface area contributed by atoms with Gasteiger partial charge in [-0.2, -0.15) is 0 Å². The average Bonchev–Trinajstić information content (AvgIpc) is 2.55. The first kappa shape index (κ1) is 13.5. The smallest absolute Gasteiger partial charge is 0.163 e. The molecule has 104 valence electrons. The molecule has 21 heavy (non-hydrogen) atoms. The fourth-order valence-electron chi connectivity index (χ4n) is 2.11. The lowest BCUT2D eigenvalue weighted by Gasteiger charge is -2.12. The molecule has 0 saturated carbocycles. The Kier molecular flexibility index (Phi) is 3.81. The van der Waals surface area contributed by atoms with Crippen molar-refractivity contribution in [2.75, 3.05) is 5.43 Å². The number of aromatic nitrogens is 2. The van der Waals surface area contributed by atoms with Crippen molar-refractivity contribution in [3.63, 3.8) is 0 Å². The Morgan fingerprint density at radius 2 is 1.38 bits per heavy atom. The van der Waals surface area contributed by atoms with Crippen molar-refractivity contribution in [2.45, 2.75) is 0 Å². The van der Waals surface area contributed by atoms with Gasteiger partial charge in [0.1, 0.15) is 5.15 Å². The number of anilines is 1. The largest absolute Gasteiger partial charge is 0.308 e. The van der Waals surface area contributed by atoms with E-state index in [1.54, 1.807) is 0 Å². The summed E-state index contributed by atoms with van der Waals surface area (Å²) in [6, 6.07) is 19.3. The summed E-state index contributed by atoms with van der Waals surface area (Å²) < 4.78 is 0. The number of nitrogens with one attached hydrogen (secondary N) is 1. The zero-order chi connectivity index (χ0) is 14.7. The highest BCUT2D eigenvalue weighted by Gasteiger charge is 2.15. The van der Waals surface area contributed by atoms with Crippen LogP contribution in [0.4, 0.5) is 5.82 Å².